The molecule has 1 amide bonds. The van der Waals surface area contributed by atoms with Crippen LogP contribution in [-0.4, -0.2) is 33.9 Å². The summed E-state index contributed by atoms with van der Waals surface area (Å²) in [4.78, 5) is 33.4. The lowest BCUT2D eigenvalue weighted by Crippen LogP contribution is -2.36. The van der Waals surface area contributed by atoms with Gasteiger partial charge in [-0.25, -0.2) is 9.97 Å². The molecule has 1 saturated heterocycles. The second kappa shape index (κ2) is 8.57. The Morgan fingerprint density at radius 2 is 2.14 bits per heavy atom. The van der Waals surface area contributed by atoms with E-state index in [1.807, 2.05) is 4.90 Å². The smallest absolute Gasteiger partial charge is 0.350 e. The third-order valence-corrected chi connectivity index (χ3v) is 4.96. The van der Waals surface area contributed by atoms with E-state index >= 15 is 0 Å². The fourth-order valence-corrected chi connectivity index (χ4v) is 3.59. The van der Waals surface area contributed by atoms with Crippen LogP contribution in [0.5, 0.6) is 0 Å². The van der Waals surface area contributed by atoms with Gasteiger partial charge in [0.2, 0.25) is 11.6 Å². The van der Waals surface area contributed by atoms with Crippen LogP contribution in [0.15, 0.2) is 24.5 Å². The van der Waals surface area contributed by atoms with Crippen molar-refractivity contribution in [3.8, 4) is 0 Å². The molecule has 11 heteroatoms. The van der Waals surface area contributed by atoms with Gasteiger partial charge in [0.1, 0.15) is 6.33 Å². The van der Waals surface area contributed by atoms with Crippen molar-refractivity contribution in [2.24, 2.45) is 5.92 Å². The Balaban J connectivity index is 1.82. The van der Waals surface area contributed by atoms with Gasteiger partial charge in [-0.15, -0.1) is 0 Å². The number of aromatic nitrogens is 2. The first-order valence-corrected chi connectivity index (χ1v) is 9.38. The summed E-state index contributed by atoms with van der Waals surface area (Å²) < 4.78 is 0. The van der Waals surface area contributed by atoms with Crippen molar-refractivity contribution in [1.82, 2.24) is 15.4 Å². The highest BCUT2D eigenvalue weighted by Gasteiger charge is 2.29. The van der Waals surface area contributed by atoms with Gasteiger partial charge in [0, 0.05) is 18.1 Å². The van der Waals surface area contributed by atoms with Crippen molar-refractivity contribution in [3.05, 3.63) is 50.2 Å². The zero-order chi connectivity index (χ0) is 20.3. The van der Waals surface area contributed by atoms with Crippen molar-refractivity contribution in [2.45, 2.75) is 19.8 Å². The molecule has 3 rings (SSSR count). The van der Waals surface area contributed by atoms with Gasteiger partial charge in [-0.05, 0) is 37.0 Å². The molecule has 0 radical (unpaired) electrons. The molecule has 28 heavy (non-hydrogen) atoms. The van der Waals surface area contributed by atoms with Gasteiger partial charge < -0.3 is 4.90 Å². The summed E-state index contributed by atoms with van der Waals surface area (Å²) in [6, 6.07) is 4.41. The Morgan fingerprint density at radius 1 is 1.36 bits per heavy atom. The predicted octanol–water partition coefficient (Wildman–Crippen LogP) is 3.68. The Morgan fingerprint density at radius 3 is 2.82 bits per heavy atom. The highest BCUT2D eigenvalue weighted by atomic mass is 35.5. The van der Waals surface area contributed by atoms with Crippen LogP contribution in [0.3, 0.4) is 0 Å². The first kappa shape index (κ1) is 20.1. The monoisotopic (exact) mass is 424 g/mol. The summed E-state index contributed by atoms with van der Waals surface area (Å²) in [5.74, 6) is -0.0475. The third-order valence-electron chi connectivity index (χ3n) is 4.41. The Kier molecular flexibility index (Phi) is 6.15. The van der Waals surface area contributed by atoms with E-state index in [1.165, 1.54) is 24.5 Å². The largest absolute Gasteiger partial charge is 0.355 e. The minimum atomic E-state index is -0.581. The summed E-state index contributed by atoms with van der Waals surface area (Å²) in [6.07, 6.45) is 3.22. The lowest BCUT2D eigenvalue weighted by molar-refractivity contribution is -0.383. The molecule has 1 unspecified atom stereocenters. The van der Waals surface area contributed by atoms with Gasteiger partial charge >= 0.3 is 5.69 Å². The molecular weight excluding hydrogens is 407 g/mol. The number of anilines is 2. The van der Waals surface area contributed by atoms with Gasteiger partial charge in [0.25, 0.3) is 5.91 Å². The normalized spacial score (nSPS) is 16.5. The lowest BCUT2D eigenvalue weighted by atomic mass is 10.0. The first-order valence-electron chi connectivity index (χ1n) is 8.62. The Hall–Kier alpha value is -2.65. The molecule has 2 aromatic rings. The third kappa shape index (κ3) is 4.42. The topological polar surface area (TPSA) is 113 Å². The van der Waals surface area contributed by atoms with Crippen LogP contribution in [0.2, 0.25) is 10.0 Å². The van der Waals surface area contributed by atoms with E-state index in [9.17, 15) is 14.9 Å². The molecule has 1 aliphatic heterocycles. The standard InChI is InChI=1S/C17H18Cl2N6O3/c1-10-3-2-6-24(8-10)16-14(25(27)28)15(20-9-21-16)22-23-17(26)12-5-4-11(18)7-13(12)19/h4-5,7,9-10H,2-3,6,8H2,1H3,(H,23,26)(H,20,21,22). The number of carbonyl (C=O) groups is 1. The average molecular weight is 425 g/mol. The predicted molar refractivity (Wildman–Crippen MR) is 107 cm³/mol. The molecule has 1 aromatic carbocycles. The molecule has 148 valence electrons. The van der Waals surface area contributed by atoms with Crippen LogP contribution in [-0.2, 0) is 0 Å². The summed E-state index contributed by atoms with van der Waals surface area (Å²) in [5.41, 5.74) is 4.77. The molecule has 2 N–H and O–H groups in total. The molecule has 9 nitrogen and oxygen atoms in total. The first-order chi connectivity index (χ1) is 13.4. The number of nitrogens with zero attached hydrogens (tertiary/aromatic N) is 4. The second-order valence-electron chi connectivity index (χ2n) is 6.55. The van der Waals surface area contributed by atoms with Gasteiger partial charge in [0.05, 0.1) is 15.5 Å². The highest BCUT2D eigenvalue weighted by Crippen LogP contribution is 2.33. The second-order valence-corrected chi connectivity index (χ2v) is 7.39. The summed E-state index contributed by atoms with van der Waals surface area (Å²) >= 11 is 11.8. The van der Waals surface area contributed by atoms with Crippen LogP contribution in [0.25, 0.3) is 0 Å². The molecule has 2 heterocycles. The van der Waals surface area contributed by atoms with Crippen molar-refractivity contribution < 1.29 is 9.72 Å². The molecule has 1 atom stereocenters. The molecule has 0 aliphatic carbocycles. The van der Waals surface area contributed by atoms with E-state index in [4.69, 9.17) is 23.2 Å². The Bertz CT molecular complexity index is 910. The van der Waals surface area contributed by atoms with Crippen molar-refractivity contribution in [1.29, 1.82) is 0 Å². The van der Waals surface area contributed by atoms with Gasteiger partial charge in [-0.2, -0.15) is 0 Å². The number of piperidine rings is 1. The molecule has 0 spiro atoms. The van der Waals surface area contributed by atoms with Crippen LogP contribution < -0.4 is 15.8 Å². The van der Waals surface area contributed by atoms with Crippen LogP contribution in [0.4, 0.5) is 17.3 Å². The van der Waals surface area contributed by atoms with Crippen molar-refractivity contribution >= 4 is 46.4 Å². The number of benzene rings is 1. The van der Waals surface area contributed by atoms with Crippen LogP contribution >= 0.6 is 23.2 Å². The number of hydrazine groups is 1. The number of halogens is 2. The maximum Gasteiger partial charge on any atom is 0.355 e. The van der Waals surface area contributed by atoms with Crippen molar-refractivity contribution in [2.75, 3.05) is 23.4 Å². The molecule has 1 fully saturated rings. The fraction of sp³-hybridized carbons (Fsp3) is 0.353. The maximum atomic E-state index is 12.3. The number of rotatable bonds is 5. The minimum Gasteiger partial charge on any atom is -0.350 e. The molecule has 1 aromatic heterocycles. The van der Waals surface area contributed by atoms with E-state index in [1.54, 1.807) is 0 Å². The molecule has 0 saturated carbocycles. The van der Waals surface area contributed by atoms with Gasteiger partial charge in [-0.3, -0.25) is 25.8 Å². The van der Waals surface area contributed by atoms with E-state index < -0.39 is 10.8 Å². The molecule has 0 bridgehead atoms. The van der Waals surface area contributed by atoms with E-state index in [0.29, 0.717) is 24.0 Å². The number of amides is 1. The summed E-state index contributed by atoms with van der Waals surface area (Å²) in [6.45, 7) is 3.44. The number of nitrogens with one attached hydrogen (secondary N) is 2. The van der Waals surface area contributed by atoms with Crippen LogP contribution in [0.1, 0.15) is 30.1 Å². The average Bonchev–Trinajstić information content (AvgIpc) is 2.65. The molecular formula is C17H18Cl2N6O3. The SMILES string of the molecule is CC1CCCN(c2ncnc(NNC(=O)c3ccc(Cl)cc3Cl)c2[N+](=O)[O-])C1. The minimum absolute atomic E-state index is 0.105. The number of carbonyl (C=O) groups excluding carboxylic acids is 1. The lowest BCUT2D eigenvalue weighted by Gasteiger charge is -2.31. The summed E-state index contributed by atoms with van der Waals surface area (Å²) in [7, 11) is 0. The van der Waals surface area contributed by atoms with Crippen molar-refractivity contribution in [3.63, 3.8) is 0 Å². The van der Waals surface area contributed by atoms with E-state index in [0.717, 1.165) is 12.8 Å². The van der Waals surface area contributed by atoms with Gasteiger partial charge in [-0.1, -0.05) is 30.1 Å². The van der Waals surface area contributed by atoms with E-state index in [2.05, 4.69) is 27.7 Å². The van der Waals surface area contributed by atoms with Crippen LogP contribution in [0, 0.1) is 16.0 Å². The summed E-state index contributed by atoms with van der Waals surface area (Å²) in [5, 5.41) is 12.2. The zero-order valence-electron chi connectivity index (χ0n) is 15.0. The number of nitro groups is 1. The van der Waals surface area contributed by atoms with E-state index in [-0.39, 0.29) is 27.9 Å². The van der Waals surface area contributed by atoms with Gasteiger partial charge in [0.15, 0.2) is 0 Å². The Labute approximate surface area is 171 Å². The maximum absolute atomic E-state index is 12.3. The highest BCUT2D eigenvalue weighted by molar-refractivity contribution is 6.36. The zero-order valence-corrected chi connectivity index (χ0v) is 16.5. The number of hydrogen-bond donors (Lipinski definition) is 2. The number of hydrogen-bond acceptors (Lipinski definition) is 7. The quantitative estimate of drug-likeness (QED) is 0.555. The molecule has 1 aliphatic rings. The fourth-order valence-electron chi connectivity index (χ4n) is 3.10.